The maximum Gasteiger partial charge on any atom is 0.337 e. The molecule has 0 unspecified atom stereocenters. The summed E-state index contributed by atoms with van der Waals surface area (Å²) in [6.45, 7) is 3.08. The molecule has 67 valence electrons. The van der Waals surface area contributed by atoms with E-state index >= 15 is 0 Å². The lowest BCUT2D eigenvalue weighted by Gasteiger charge is -2.18. The van der Waals surface area contributed by atoms with Crippen LogP contribution in [0.1, 0.15) is 12.8 Å². The molecule has 1 radical (unpaired) electrons. The first-order valence-electron chi connectivity index (χ1n) is 3.02. The molecule has 0 heterocycles. The van der Waals surface area contributed by atoms with E-state index < -0.39 is 24.9 Å². The van der Waals surface area contributed by atoms with Crippen LogP contribution in [0, 0.1) is 6.92 Å². The van der Waals surface area contributed by atoms with Crippen molar-refractivity contribution in [2.24, 2.45) is 0 Å². The Kier molecular flexibility index (Phi) is 3.75. The van der Waals surface area contributed by atoms with E-state index in [0.717, 1.165) is 0 Å². The van der Waals surface area contributed by atoms with Crippen LogP contribution in [0.5, 0.6) is 0 Å². The van der Waals surface area contributed by atoms with Crippen LogP contribution in [0.2, 0.25) is 0 Å². The lowest BCUT2D eigenvalue weighted by molar-refractivity contribution is -0.171. The van der Waals surface area contributed by atoms with E-state index in [1.165, 1.54) is 0 Å². The fourth-order valence-electron chi connectivity index (χ4n) is 0.508. The van der Waals surface area contributed by atoms with Gasteiger partial charge in [-0.1, -0.05) is 13.3 Å². The van der Waals surface area contributed by atoms with Crippen molar-refractivity contribution in [3.63, 3.8) is 0 Å². The first-order chi connectivity index (χ1) is 4.92. The molecule has 0 nitrogen and oxygen atoms in total. The van der Waals surface area contributed by atoms with E-state index in [4.69, 9.17) is 0 Å². The van der Waals surface area contributed by atoms with Crippen molar-refractivity contribution < 1.29 is 22.0 Å². The highest BCUT2D eigenvalue weighted by Crippen LogP contribution is 2.31. The van der Waals surface area contributed by atoms with Crippen LogP contribution in [-0.2, 0) is 0 Å². The van der Waals surface area contributed by atoms with Gasteiger partial charge >= 0.3 is 12.3 Å². The van der Waals surface area contributed by atoms with Crippen LogP contribution < -0.4 is 0 Å². The molecule has 0 rings (SSSR count). The van der Waals surface area contributed by atoms with Gasteiger partial charge in [0.1, 0.15) is 0 Å². The molecule has 0 bridgehead atoms. The molecule has 0 spiro atoms. The van der Waals surface area contributed by atoms with Crippen molar-refractivity contribution >= 4 is 0 Å². The smallest absolute Gasteiger partial charge is 0.241 e. The lowest BCUT2D eigenvalue weighted by atomic mass is 10.1. The minimum Gasteiger partial charge on any atom is -0.241 e. The van der Waals surface area contributed by atoms with E-state index in [1.54, 1.807) is 0 Å². The third-order valence-electron chi connectivity index (χ3n) is 1.17. The zero-order valence-electron chi connectivity index (χ0n) is 5.67. The van der Waals surface area contributed by atoms with Gasteiger partial charge in [-0.2, -0.15) is 8.78 Å². The van der Waals surface area contributed by atoms with Crippen molar-refractivity contribution in [2.45, 2.75) is 31.4 Å². The summed E-state index contributed by atoms with van der Waals surface area (Å²) in [6, 6.07) is 0. The van der Waals surface area contributed by atoms with E-state index in [0.29, 0.717) is 0 Å². The predicted octanol–water partition coefficient (Wildman–Crippen LogP) is 2.84. The summed E-state index contributed by atoms with van der Waals surface area (Å²) in [6.07, 6.45) is -7.50. The molecule has 0 aliphatic carbocycles. The Bertz CT molecular complexity index is 112. The van der Waals surface area contributed by atoms with Crippen molar-refractivity contribution in [3.05, 3.63) is 6.92 Å². The van der Waals surface area contributed by atoms with Crippen LogP contribution in [0.4, 0.5) is 22.0 Å². The Morgan fingerprint density at radius 3 is 1.91 bits per heavy atom. The Hall–Kier alpha value is -0.350. The molecule has 0 aromatic carbocycles. The molecule has 11 heavy (non-hydrogen) atoms. The van der Waals surface area contributed by atoms with Crippen molar-refractivity contribution in [1.29, 1.82) is 0 Å². The molecule has 1 atom stereocenters. The second-order valence-corrected chi connectivity index (χ2v) is 2.08. The maximum absolute atomic E-state index is 12.2. The summed E-state index contributed by atoms with van der Waals surface area (Å²) in [5.74, 6) is -4.53. The van der Waals surface area contributed by atoms with Crippen LogP contribution >= 0.6 is 0 Å². The summed E-state index contributed by atoms with van der Waals surface area (Å²) in [5.41, 5.74) is 0. The fourth-order valence-corrected chi connectivity index (χ4v) is 0.508. The predicted molar refractivity (Wildman–Crippen MR) is 30.4 cm³/mol. The van der Waals surface area contributed by atoms with Crippen LogP contribution in [0.25, 0.3) is 0 Å². The molecular weight excluding hydrogens is 167 g/mol. The molecule has 0 aliphatic heterocycles. The molecule has 5 heteroatoms. The molecule has 0 saturated heterocycles. The zero-order chi connectivity index (χ0) is 9.07. The van der Waals surface area contributed by atoms with Gasteiger partial charge in [0.25, 0.3) is 0 Å². The van der Waals surface area contributed by atoms with Gasteiger partial charge in [-0.3, -0.25) is 0 Å². The average Bonchev–Trinajstić information content (AvgIpc) is 1.88. The molecule has 0 fully saturated rings. The lowest BCUT2D eigenvalue weighted by Crippen LogP contribution is -2.37. The minimum atomic E-state index is -4.53. The highest BCUT2D eigenvalue weighted by molar-refractivity contribution is 4.79. The van der Waals surface area contributed by atoms with Gasteiger partial charge in [0, 0.05) is 0 Å². The zero-order valence-corrected chi connectivity index (χ0v) is 5.67. The third kappa shape index (κ3) is 2.63. The average molecular weight is 175 g/mol. The molecule has 0 N–H and O–H groups in total. The van der Waals surface area contributed by atoms with Crippen molar-refractivity contribution in [2.75, 3.05) is 0 Å². The van der Waals surface area contributed by atoms with E-state index in [9.17, 15) is 22.0 Å². The monoisotopic (exact) mass is 175 g/mol. The molecular formula is C6H8F5. The normalized spacial score (nSPS) is 15.5. The molecule has 0 aliphatic rings. The van der Waals surface area contributed by atoms with Gasteiger partial charge in [-0.15, -0.1) is 0 Å². The van der Waals surface area contributed by atoms with Gasteiger partial charge in [0.2, 0.25) is 0 Å². The maximum atomic E-state index is 12.2. The first kappa shape index (κ1) is 10.7. The summed E-state index contributed by atoms with van der Waals surface area (Å²) >= 11 is 0. The number of alkyl halides is 5. The Morgan fingerprint density at radius 2 is 1.64 bits per heavy atom. The SMILES string of the molecule is [CH2]CC[C@H](F)C(F)(F)C(F)F. The number of halogens is 5. The van der Waals surface area contributed by atoms with Crippen LogP contribution in [0.15, 0.2) is 0 Å². The molecule has 0 aromatic rings. The molecule has 0 aromatic heterocycles. The van der Waals surface area contributed by atoms with Gasteiger partial charge in [-0.05, 0) is 6.42 Å². The van der Waals surface area contributed by atoms with Crippen LogP contribution in [-0.4, -0.2) is 18.5 Å². The van der Waals surface area contributed by atoms with Gasteiger partial charge < -0.3 is 0 Å². The number of hydrogen-bond donors (Lipinski definition) is 0. The molecule has 0 amide bonds. The fraction of sp³-hybridized carbons (Fsp3) is 0.833. The van der Waals surface area contributed by atoms with Crippen molar-refractivity contribution in [3.8, 4) is 0 Å². The number of hydrogen-bond acceptors (Lipinski definition) is 0. The second-order valence-electron chi connectivity index (χ2n) is 2.08. The Balaban J connectivity index is 4.05. The Labute approximate surface area is 61.4 Å². The highest BCUT2D eigenvalue weighted by Gasteiger charge is 2.48. The van der Waals surface area contributed by atoms with Crippen LogP contribution in [0.3, 0.4) is 0 Å². The largest absolute Gasteiger partial charge is 0.337 e. The van der Waals surface area contributed by atoms with E-state index in [1.807, 2.05) is 0 Å². The van der Waals surface area contributed by atoms with E-state index in [2.05, 4.69) is 6.92 Å². The minimum absolute atomic E-state index is 0.122. The molecule has 0 saturated carbocycles. The first-order valence-corrected chi connectivity index (χ1v) is 3.02. The van der Waals surface area contributed by atoms with Gasteiger partial charge in [0.05, 0.1) is 0 Å². The standard InChI is InChI=1S/C6H8F5/c1-2-3-4(7)6(10,11)5(8)9/h4-5H,1-3H2/t4-/m0/s1. The summed E-state index contributed by atoms with van der Waals surface area (Å²) < 4.78 is 58.9. The highest BCUT2D eigenvalue weighted by atomic mass is 19.3. The summed E-state index contributed by atoms with van der Waals surface area (Å²) in [4.78, 5) is 0. The van der Waals surface area contributed by atoms with Gasteiger partial charge in [-0.25, -0.2) is 13.2 Å². The topological polar surface area (TPSA) is 0 Å². The summed E-state index contributed by atoms with van der Waals surface area (Å²) in [7, 11) is 0. The second kappa shape index (κ2) is 3.88. The quantitative estimate of drug-likeness (QED) is 0.576. The van der Waals surface area contributed by atoms with Gasteiger partial charge in [0.15, 0.2) is 6.17 Å². The van der Waals surface area contributed by atoms with E-state index in [-0.39, 0.29) is 6.42 Å². The third-order valence-corrected chi connectivity index (χ3v) is 1.17. The summed E-state index contributed by atoms with van der Waals surface area (Å²) in [5, 5.41) is 0. The van der Waals surface area contributed by atoms with Crippen molar-refractivity contribution in [1.82, 2.24) is 0 Å². The Morgan fingerprint density at radius 1 is 1.18 bits per heavy atom. The number of rotatable bonds is 4.